The molecule has 0 aliphatic carbocycles. The molecule has 7 heteroatoms. The zero-order valence-corrected chi connectivity index (χ0v) is 14.4. The minimum absolute atomic E-state index is 0.826. The van der Waals surface area contributed by atoms with Crippen molar-refractivity contribution in [3.63, 3.8) is 0 Å². The van der Waals surface area contributed by atoms with Crippen molar-refractivity contribution < 1.29 is 9.47 Å². The minimum atomic E-state index is 0.826. The first-order valence-corrected chi connectivity index (χ1v) is 8.69. The van der Waals surface area contributed by atoms with E-state index in [0.717, 1.165) is 79.3 Å². The quantitative estimate of drug-likeness (QED) is 0.670. The number of nitrogens with one attached hydrogen (secondary N) is 2. The fourth-order valence-electron chi connectivity index (χ4n) is 3.27. The van der Waals surface area contributed by atoms with E-state index in [4.69, 9.17) is 9.47 Å². The smallest absolute Gasteiger partial charge is 0.153 e. The van der Waals surface area contributed by atoms with Gasteiger partial charge in [-0.1, -0.05) is 0 Å². The third-order valence-corrected chi connectivity index (χ3v) is 4.64. The van der Waals surface area contributed by atoms with Crippen LogP contribution in [-0.4, -0.2) is 66.4 Å². The van der Waals surface area contributed by atoms with Crippen LogP contribution in [0.2, 0.25) is 0 Å². The van der Waals surface area contributed by atoms with Gasteiger partial charge in [0, 0.05) is 30.5 Å². The second kappa shape index (κ2) is 7.25. The van der Waals surface area contributed by atoms with Gasteiger partial charge in [0.25, 0.3) is 0 Å². The Morgan fingerprint density at radius 3 is 3.00 bits per heavy atom. The highest BCUT2D eigenvalue weighted by Crippen LogP contribution is 2.29. The Labute approximate surface area is 146 Å². The molecule has 1 fully saturated rings. The number of methoxy groups -OCH3 is 1. The first-order valence-electron chi connectivity index (χ1n) is 8.69. The van der Waals surface area contributed by atoms with Gasteiger partial charge in [-0.25, -0.2) is 9.97 Å². The number of aromatic amines is 1. The lowest BCUT2D eigenvalue weighted by Crippen LogP contribution is -2.37. The lowest BCUT2D eigenvalue weighted by molar-refractivity contribution is 0.0378. The Balaban J connectivity index is 1.47. The lowest BCUT2D eigenvalue weighted by atomic mass is 10.2. The zero-order chi connectivity index (χ0) is 17.1. The molecule has 3 aromatic rings. The van der Waals surface area contributed by atoms with Crippen LogP contribution in [0.25, 0.3) is 21.9 Å². The van der Waals surface area contributed by atoms with E-state index in [-0.39, 0.29) is 0 Å². The summed E-state index contributed by atoms with van der Waals surface area (Å²) >= 11 is 0. The molecule has 0 amide bonds. The summed E-state index contributed by atoms with van der Waals surface area (Å²) in [6, 6.07) is 5.96. The molecule has 132 valence electrons. The maximum atomic E-state index is 5.38. The molecule has 2 N–H and O–H groups in total. The predicted octanol–water partition coefficient (Wildman–Crippen LogP) is 2.25. The zero-order valence-electron chi connectivity index (χ0n) is 14.4. The van der Waals surface area contributed by atoms with Gasteiger partial charge in [-0.2, -0.15) is 0 Å². The highest BCUT2D eigenvalue weighted by Gasteiger charge is 2.12. The van der Waals surface area contributed by atoms with Crippen molar-refractivity contribution in [2.75, 3.05) is 51.8 Å². The van der Waals surface area contributed by atoms with Crippen LogP contribution in [0.3, 0.4) is 0 Å². The number of rotatable bonds is 6. The van der Waals surface area contributed by atoms with Gasteiger partial charge in [-0.3, -0.25) is 4.90 Å². The summed E-state index contributed by atoms with van der Waals surface area (Å²) in [5, 5.41) is 4.49. The van der Waals surface area contributed by atoms with Crippen molar-refractivity contribution in [2.24, 2.45) is 0 Å². The van der Waals surface area contributed by atoms with E-state index < -0.39 is 0 Å². The van der Waals surface area contributed by atoms with Gasteiger partial charge in [-0.05, 0) is 31.2 Å². The molecule has 25 heavy (non-hydrogen) atoms. The van der Waals surface area contributed by atoms with E-state index in [2.05, 4.69) is 25.2 Å². The molecule has 4 rings (SSSR count). The van der Waals surface area contributed by atoms with Gasteiger partial charge >= 0.3 is 0 Å². The molecule has 7 nitrogen and oxygen atoms in total. The molecular weight excluding hydrogens is 318 g/mol. The number of H-pyrrole nitrogens is 1. The van der Waals surface area contributed by atoms with E-state index in [0.29, 0.717) is 0 Å². The van der Waals surface area contributed by atoms with Gasteiger partial charge in [0.1, 0.15) is 23.1 Å². The van der Waals surface area contributed by atoms with Crippen molar-refractivity contribution >= 4 is 27.8 Å². The Kier molecular flexibility index (Phi) is 4.67. The van der Waals surface area contributed by atoms with Crippen molar-refractivity contribution in [3.8, 4) is 5.75 Å². The van der Waals surface area contributed by atoms with Crippen LogP contribution in [0.15, 0.2) is 24.5 Å². The Bertz CT molecular complexity index is 857. The van der Waals surface area contributed by atoms with E-state index in [1.165, 1.54) is 0 Å². The number of ether oxygens (including phenoxy) is 2. The number of hydrogen-bond donors (Lipinski definition) is 2. The normalized spacial score (nSPS) is 15.7. The average Bonchev–Trinajstić information content (AvgIpc) is 3.04. The first-order chi connectivity index (χ1) is 12.3. The predicted molar refractivity (Wildman–Crippen MR) is 98.3 cm³/mol. The van der Waals surface area contributed by atoms with Crippen molar-refractivity contribution in [1.29, 1.82) is 0 Å². The second-order valence-electron chi connectivity index (χ2n) is 6.22. The molecule has 1 saturated heterocycles. The van der Waals surface area contributed by atoms with Crippen LogP contribution >= 0.6 is 0 Å². The van der Waals surface area contributed by atoms with Gasteiger partial charge in [0.05, 0.1) is 20.3 Å². The second-order valence-corrected chi connectivity index (χ2v) is 6.22. The van der Waals surface area contributed by atoms with Crippen molar-refractivity contribution in [2.45, 2.75) is 6.42 Å². The highest BCUT2D eigenvalue weighted by molar-refractivity contribution is 6.08. The molecule has 2 aromatic heterocycles. The van der Waals surface area contributed by atoms with Gasteiger partial charge < -0.3 is 19.8 Å². The molecule has 0 atom stereocenters. The van der Waals surface area contributed by atoms with Crippen LogP contribution in [0.5, 0.6) is 5.75 Å². The van der Waals surface area contributed by atoms with Crippen LogP contribution in [0.1, 0.15) is 6.42 Å². The molecule has 3 heterocycles. The van der Waals surface area contributed by atoms with Gasteiger partial charge in [0.15, 0.2) is 5.82 Å². The molecule has 0 bridgehead atoms. The number of fused-ring (bicyclic) bond motifs is 3. The van der Waals surface area contributed by atoms with Crippen LogP contribution in [-0.2, 0) is 4.74 Å². The van der Waals surface area contributed by atoms with Crippen molar-refractivity contribution in [1.82, 2.24) is 19.9 Å². The number of hydrogen-bond acceptors (Lipinski definition) is 6. The maximum Gasteiger partial charge on any atom is 0.153 e. The topological polar surface area (TPSA) is 75.3 Å². The van der Waals surface area contributed by atoms with E-state index in [9.17, 15) is 0 Å². The monoisotopic (exact) mass is 341 g/mol. The average molecular weight is 341 g/mol. The lowest BCUT2D eigenvalue weighted by Gasteiger charge is -2.26. The molecule has 0 saturated carbocycles. The fourth-order valence-corrected chi connectivity index (χ4v) is 3.27. The number of aromatic nitrogens is 3. The van der Waals surface area contributed by atoms with E-state index >= 15 is 0 Å². The third-order valence-electron chi connectivity index (χ3n) is 4.64. The summed E-state index contributed by atoms with van der Waals surface area (Å²) in [7, 11) is 1.67. The Morgan fingerprint density at radius 1 is 1.28 bits per heavy atom. The van der Waals surface area contributed by atoms with Crippen LogP contribution in [0.4, 0.5) is 5.82 Å². The Hall–Kier alpha value is -2.38. The molecule has 1 aromatic carbocycles. The fraction of sp³-hybridized carbons (Fsp3) is 0.444. The number of anilines is 1. The standard InChI is InChI=1S/C18H23N5O2/c1-24-13-3-4-15-14(11-13)16-17(22-15)18(21-12-20-16)19-5-2-6-23-7-9-25-10-8-23/h3-4,11-12,22H,2,5-10H2,1H3,(H,19,20,21). The largest absolute Gasteiger partial charge is 0.497 e. The molecular formula is C18H23N5O2. The molecule has 1 aliphatic heterocycles. The van der Waals surface area contributed by atoms with Gasteiger partial charge in [0.2, 0.25) is 0 Å². The number of nitrogens with zero attached hydrogens (tertiary/aromatic N) is 3. The van der Waals surface area contributed by atoms with E-state index in [1.807, 2.05) is 18.2 Å². The van der Waals surface area contributed by atoms with Crippen LogP contribution < -0.4 is 10.1 Å². The first kappa shape index (κ1) is 16.1. The van der Waals surface area contributed by atoms with Crippen molar-refractivity contribution in [3.05, 3.63) is 24.5 Å². The molecule has 0 radical (unpaired) electrons. The highest BCUT2D eigenvalue weighted by atomic mass is 16.5. The minimum Gasteiger partial charge on any atom is -0.497 e. The van der Waals surface area contributed by atoms with Crippen LogP contribution in [0, 0.1) is 0 Å². The summed E-state index contributed by atoms with van der Waals surface area (Å²) < 4.78 is 10.7. The summed E-state index contributed by atoms with van der Waals surface area (Å²) in [6.45, 7) is 5.71. The Morgan fingerprint density at radius 2 is 2.16 bits per heavy atom. The number of morpholine rings is 1. The summed E-state index contributed by atoms with van der Waals surface area (Å²) in [6.07, 6.45) is 2.68. The summed E-state index contributed by atoms with van der Waals surface area (Å²) in [5.74, 6) is 1.68. The SMILES string of the molecule is COc1ccc2[nH]c3c(NCCCN4CCOCC4)ncnc3c2c1. The van der Waals surface area contributed by atoms with E-state index in [1.54, 1.807) is 13.4 Å². The number of benzene rings is 1. The maximum absolute atomic E-state index is 5.38. The molecule has 0 spiro atoms. The summed E-state index contributed by atoms with van der Waals surface area (Å²) in [4.78, 5) is 14.7. The molecule has 1 aliphatic rings. The molecule has 0 unspecified atom stereocenters. The summed E-state index contributed by atoms with van der Waals surface area (Å²) in [5.41, 5.74) is 2.89. The van der Waals surface area contributed by atoms with Gasteiger partial charge in [-0.15, -0.1) is 0 Å². The third kappa shape index (κ3) is 3.38.